The van der Waals surface area contributed by atoms with Crippen LogP contribution in [0.25, 0.3) is 10.9 Å². The molecular formula is C24H24N4O2. The summed E-state index contributed by atoms with van der Waals surface area (Å²) in [6, 6.07) is 18.0. The number of anilines is 2. The Balaban J connectivity index is 1.48. The molecule has 0 fully saturated rings. The average molecular weight is 400 g/mol. The van der Waals surface area contributed by atoms with Gasteiger partial charge in [0.25, 0.3) is 0 Å². The predicted molar refractivity (Wildman–Crippen MR) is 119 cm³/mol. The van der Waals surface area contributed by atoms with Gasteiger partial charge < -0.3 is 14.7 Å². The van der Waals surface area contributed by atoms with Crippen molar-refractivity contribution in [2.75, 3.05) is 11.9 Å². The third-order valence-corrected chi connectivity index (χ3v) is 4.86. The van der Waals surface area contributed by atoms with Crippen LogP contribution in [0.2, 0.25) is 0 Å². The van der Waals surface area contributed by atoms with Crippen molar-refractivity contribution < 1.29 is 9.84 Å². The van der Waals surface area contributed by atoms with Crippen molar-refractivity contribution in [3.63, 3.8) is 0 Å². The molecule has 6 nitrogen and oxygen atoms in total. The van der Waals surface area contributed by atoms with Crippen LogP contribution >= 0.6 is 0 Å². The zero-order valence-electron chi connectivity index (χ0n) is 17.3. The minimum Gasteiger partial charge on any atom is -0.493 e. The maximum absolute atomic E-state index is 10.1. The topological polar surface area (TPSA) is 71.4 Å². The molecule has 0 saturated heterocycles. The second-order valence-corrected chi connectivity index (χ2v) is 7.64. The quantitative estimate of drug-likeness (QED) is 0.461. The molecule has 2 heterocycles. The van der Waals surface area contributed by atoms with E-state index in [1.807, 2.05) is 31.3 Å². The van der Waals surface area contributed by atoms with E-state index in [9.17, 15) is 5.11 Å². The van der Waals surface area contributed by atoms with Crippen molar-refractivity contribution in [3.05, 3.63) is 72.6 Å². The number of rotatable bonds is 6. The fraction of sp³-hybridized carbons (Fsp3) is 0.208. The summed E-state index contributed by atoms with van der Waals surface area (Å²) in [6.07, 6.45) is 4.23. The number of pyridine rings is 1. The van der Waals surface area contributed by atoms with E-state index in [1.165, 1.54) is 5.56 Å². The number of aromatic hydroxyl groups is 1. The normalized spacial score (nSPS) is 11.1. The summed E-state index contributed by atoms with van der Waals surface area (Å²) in [7, 11) is 2.03. The van der Waals surface area contributed by atoms with Crippen molar-refractivity contribution in [1.82, 2.24) is 15.0 Å². The molecular weight excluding hydrogens is 376 g/mol. The molecule has 2 aromatic heterocycles. The number of fused-ring (bicyclic) bond motifs is 1. The largest absolute Gasteiger partial charge is 0.493 e. The molecule has 0 bridgehead atoms. The molecule has 0 amide bonds. The molecule has 0 unspecified atom stereocenters. The highest BCUT2D eigenvalue weighted by Crippen LogP contribution is 2.29. The first-order chi connectivity index (χ1) is 14.5. The van der Waals surface area contributed by atoms with Gasteiger partial charge in [0.15, 0.2) is 0 Å². The molecule has 0 spiro atoms. The molecule has 4 rings (SSSR count). The summed E-state index contributed by atoms with van der Waals surface area (Å²) >= 11 is 0. The summed E-state index contributed by atoms with van der Waals surface area (Å²) < 4.78 is 5.73. The van der Waals surface area contributed by atoms with E-state index in [2.05, 4.69) is 58.0 Å². The third kappa shape index (κ3) is 4.33. The summed E-state index contributed by atoms with van der Waals surface area (Å²) in [5, 5.41) is 10.6. The van der Waals surface area contributed by atoms with E-state index in [-0.39, 0.29) is 11.9 Å². The Labute approximate surface area is 175 Å². The molecule has 152 valence electrons. The average Bonchev–Trinajstić information content (AvgIpc) is 2.74. The van der Waals surface area contributed by atoms with Gasteiger partial charge in [0.2, 0.25) is 5.88 Å². The lowest BCUT2D eigenvalue weighted by Crippen LogP contribution is -2.09. The van der Waals surface area contributed by atoms with Gasteiger partial charge in [-0.2, -0.15) is 9.97 Å². The Morgan fingerprint density at radius 2 is 1.60 bits per heavy atom. The van der Waals surface area contributed by atoms with Crippen molar-refractivity contribution in [2.24, 2.45) is 5.92 Å². The monoisotopic (exact) mass is 400 g/mol. The Morgan fingerprint density at radius 1 is 0.933 bits per heavy atom. The van der Waals surface area contributed by atoms with Crippen LogP contribution in [0.3, 0.4) is 0 Å². The lowest BCUT2D eigenvalue weighted by molar-refractivity contribution is 0.412. The third-order valence-electron chi connectivity index (χ3n) is 4.86. The first kappa shape index (κ1) is 19.6. The van der Waals surface area contributed by atoms with Gasteiger partial charge in [-0.05, 0) is 60.4 Å². The van der Waals surface area contributed by atoms with E-state index in [4.69, 9.17) is 4.74 Å². The van der Waals surface area contributed by atoms with Gasteiger partial charge in [0.05, 0.1) is 17.1 Å². The van der Waals surface area contributed by atoms with Crippen LogP contribution in [0.1, 0.15) is 19.4 Å². The zero-order chi connectivity index (χ0) is 21.1. The van der Waals surface area contributed by atoms with E-state index in [0.29, 0.717) is 22.6 Å². The van der Waals surface area contributed by atoms with E-state index >= 15 is 0 Å². The van der Waals surface area contributed by atoms with Crippen LogP contribution in [0, 0.1) is 5.92 Å². The molecule has 0 aliphatic heterocycles. The minimum atomic E-state index is -0.130. The minimum absolute atomic E-state index is 0.0786. The van der Waals surface area contributed by atoms with Gasteiger partial charge in [0.1, 0.15) is 5.75 Å². The zero-order valence-corrected chi connectivity index (χ0v) is 17.3. The molecule has 0 saturated carbocycles. The van der Waals surface area contributed by atoms with Crippen molar-refractivity contribution in [3.8, 4) is 17.6 Å². The maximum atomic E-state index is 10.1. The second-order valence-electron chi connectivity index (χ2n) is 7.64. The van der Waals surface area contributed by atoms with E-state index in [1.54, 1.807) is 18.5 Å². The van der Waals surface area contributed by atoms with Gasteiger partial charge in [-0.15, -0.1) is 0 Å². The molecule has 0 radical (unpaired) electrons. The van der Waals surface area contributed by atoms with Crippen molar-refractivity contribution >= 4 is 22.3 Å². The Bertz CT molecular complexity index is 1140. The fourth-order valence-electron chi connectivity index (χ4n) is 3.31. The van der Waals surface area contributed by atoms with E-state index in [0.717, 1.165) is 17.8 Å². The summed E-state index contributed by atoms with van der Waals surface area (Å²) in [6.45, 7) is 4.45. The van der Waals surface area contributed by atoms with Gasteiger partial charge in [-0.1, -0.05) is 26.0 Å². The van der Waals surface area contributed by atoms with Crippen LogP contribution in [-0.2, 0) is 6.42 Å². The molecule has 1 N–H and O–H groups in total. The highest BCUT2D eigenvalue weighted by molar-refractivity contribution is 5.82. The number of aromatic nitrogens is 3. The van der Waals surface area contributed by atoms with Crippen molar-refractivity contribution in [1.29, 1.82) is 0 Å². The SMILES string of the molecule is CC(C)Cc1ccc(N(C)c2ccc(Oc3nc(O)c4ccncc4n3)cc2)cc1. The number of hydrogen-bond donors (Lipinski definition) is 1. The van der Waals surface area contributed by atoms with Crippen LogP contribution in [0.5, 0.6) is 17.6 Å². The van der Waals surface area contributed by atoms with E-state index < -0.39 is 0 Å². The Kier molecular flexibility index (Phi) is 5.48. The summed E-state index contributed by atoms with van der Waals surface area (Å²) in [5.41, 5.74) is 4.02. The maximum Gasteiger partial charge on any atom is 0.325 e. The highest BCUT2D eigenvalue weighted by Gasteiger charge is 2.10. The smallest absolute Gasteiger partial charge is 0.325 e. The highest BCUT2D eigenvalue weighted by atomic mass is 16.5. The van der Waals surface area contributed by atoms with Crippen LogP contribution in [0.15, 0.2) is 67.0 Å². The Morgan fingerprint density at radius 3 is 2.27 bits per heavy atom. The number of hydrogen-bond acceptors (Lipinski definition) is 6. The number of nitrogens with zero attached hydrogens (tertiary/aromatic N) is 4. The lowest BCUT2D eigenvalue weighted by Gasteiger charge is -2.20. The number of ether oxygens (including phenoxy) is 1. The first-order valence-electron chi connectivity index (χ1n) is 9.91. The van der Waals surface area contributed by atoms with Gasteiger partial charge in [0, 0.05) is 24.6 Å². The van der Waals surface area contributed by atoms with Gasteiger partial charge >= 0.3 is 6.01 Å². The standard InChI is InChI=1S/C24H24N4O2/c1-16(2)14-17-4-6-18(7-5-17)28(3)19-8-10-20(11-9-19)30-24-26-22-15-25-13-12-21(22)23(29)27-24/h4-13,15-16H,14H2,1-3H3,(H,26,27,29). The van der Waals surface area contributed by atoms with Gasteiger partial charge in [-0.25, -0.2) is 0 Å². The molecule has 6 heteroatoms. The molecule has 4 aromatic rings. The molecule has 0 aliphatic carbocycles. The van der Waals surface area contributed by atoms with Crippen LogP contribution in [0.4, 0.5) is 11.4 Å². The summed E-state index contributed by atoms with van der Waals surface area (Å²) in [4.78, 5) is 14.4. The van der Waals surface area contributed by atoms with Crippen LogP contribution in [-0.4, -0.2) is 27.1 Å². The fourth-order valence-corrected chi connectivity index (χ4v) is 3.31. The second kappa shape index (κ2) is 8.37. The summed E-state index contributed by atoms with van der Waals surface area (Å²) in [5.74, 6) is 1.10. The lowest BCUT2D eigenvalue weighted by atomic mass is 10.0. The van der Waals surface area contributed by atoms with Crippen LogP contribution < -0.4 is 9.64 Å². The molecule has 30 heavy (non-hydrogen) atoms. The molecule has 0 aliphatic rings. The molecule has 2 aromatic carbocycles. The van der Waals surface area contributed by atoms with Crippen molar-refractivity contribution in [2.45, 2.75) is 20.3 Å². The first-order valence-corrected chi connectivity index (χ1v) is 9.91. The predicted octanol–water partition coefficient (Wildman–Crippen LogP) is 5.49. The van der Waals surface area contributed by atoms with Gasteiger partial charge in [-0.3, -0.25) is 4.98 Å². The molecule has 0 atom stereocenters. The Hall–Kier alpha value is -3.67. The number of benzene rings is 2.